The zero-order chi connectivity index (χ0) is 21.7. The standard InChI is InChI=1S/C23H24N2O4S/c1-15-19(16(2)29-24-15)14-30-20-13-9-8-12-18(20)23(27)28-21(22(26)25(3)4)17-10-6-5-7-11-17/h5-13,21H,14H2,1-4H3. The Hall–Kier alpha value is -3.06. The number of esters is 1. The molecule has 0 aliphatic rings. The van der Waals surface area contributed by atoms with Gasteiger partial charge in [0, 0.05) is 35.9 Å². The molecule has 1 aromatic heterocycles. The van der Waals surface area contributed by atoms with Gasteiger partial charge in [0.2, 0.25) is 6.10 Å². The summed E-state index contributed by atoms with van der Waals surface area (Å²) in [6.07, 6.45) is -1.01. The largest absolute Gasteiger partial charge is 0.444 e. The maximum atomic E-state index is 13.0. The number of carbonyl (C=O) groups excluding carboxylic acids is 2. The van der Waals surface area contributed by atoms with Crippen molar-refractivity contribution < 1.29 is 18.8 Å². The van der Waals surface area contributed by atoms with E-state index in [0.29, 0.717) is 16.9 Å². The van der Waals surface area contributed by atoms with Gasteiger partial charge in [0.15, 0.2) is 0 Å². The Morgan fingerprint density at radius 3 is 2.37 bits per heavy atom. The lowest BCUT2D eigenvalue weighted by Gasteiger charge is -2.21. The van der Waals surface area contributed by atoms with Gasteiger partial charge in [-0.15, -0.1) is 11.8 Å². The molecule has 3 aromatic rings. The van der Waals surface area contributed by atoms with Gasteiger partial charge in [0.05, 0.1) is 11.3 Å². The fraction of sp³-hybridized carbons (Fsp3) is 0.261. The van der Waals surface area contributed by atoms with E-state index in [1.807, 2.05) is 44.2 Å². The first-order valence-electron chi connectivity index (χ1n) is 9.49. The van der Waals surface area contributed by atoms with Crippen LogP contribution in [0, 0.1) is 13.8 Å². The van der Waals surface area contributed by atoms with E-state index in [0.717, 1.165) is 21.9 Å². The molecule has 1 heterocycles. The number of rotatable bonds is 7. The molecular formula is C23H24N2O4S. The molecule has 0 spiro atoms. The Labute approximate surface area is 180 Å². The minimum absolute atomic E-state index is 0.296. The molecule has 156 valence electrons. The van der Waals surface area contributed by atoms with Crippen LogP contribution in [-0.2, 0) is 15.3 Å². The van der Waals surface area contributed by atoms with Crippen LogP contribution in [0.1, 0.15) is 39.0 Å². The van der Waals surface area contributed by atoms with Crippen LogP contribution in [0.3, 0.4) is 0 Å². The summed E-state index contributed by atoms with van der Waals surface area (Å²) < 4.78 is 10.9. The van der Waals surface area contributed by atoms with Gasteiger partial charge in [-0.25, -0.2) is 4.79 Å². The molecule has 3 rings (SSSR count). The van der Waals surface area contributed by atoms with Crippen LogP contribution in [0.15, 0.2) is 64.0 Å². The summed E-state index contributed by atoms with van der Waals surface area (Å²) in [4.78, 5) is 27.9. The molecule has 7 heteroatoms. The van der Waals surface area contributed by atoms with Crippen molar-refractivity contribution in [2.45, 2.75) is 30.6 Å². The summed E-state index contributed by atoms with van der Waals surface area (Å²) in [5.41, 5.74) is 2.89. The molecule has 0 aliphatic heterocycles. The lowest BCUT2D eigenvalue weighted by Crippen LogP contribution is -2.31. The van der Waals surface area contributed by atoms with Crippen molar-refractivity contribution in [1.29, 1.82) is 0 Å². The minimum atomic E-state index is -1.01. The Morgan fingerprint density at radius 2 is 1.73 bits per heavy atom. The highest BCUT2D eigenvalue weighted by Crippen LogP contribution is 2.30. The summed E-state index contributed by atoms with van der Waals surface area (Å²) in [6.45, 7) is 3.76. The van der Waals surface area contributed by atoms with Crippen molar-refractivity contribution in [2.24, 2.45) is 0 Å². The molecule has 0 aliphatic carbocycles. The second kappa shape index (κ2) is 9.63. The van der Waals surface area contributed by atoms with Crippen LogP contribution >= 0.6 is 11.8 Å². The van der Waals surface area contributed by atoms with E-state index >= 15 is 0 Å². The van der Waals surface area contributed by atoms with Crippen LogP contribution in [0.25, 0.3) is 0 Å². The van der Waals surface area contributed by atoms with Crippen molar-refractivity contribution in [2.75, 3.05) is 14.1 Å². The third-order valence-corrected chi connectivity index (χ3v) is 5.75. The number of likely N-dealkylation sites (N-methyl/N-ethyl adjacent to an activating group) is 1. The van der Waals surface area contributed by atoms with E-state index in [9.17, 15) is 9.59 Å². The Kier molecular flexibility index (Phi) is 6.95. The zero-order valence-electron chi connectivity index (χ0n) is 17.4. The van der Waals surface area contributed by atoms with E-state index in [4.69, 9.17) is 9.26 Å². The smallest absolute Gasteiger partial charge is 0.340 e. The average Bonchev–Trinajstić information content (AvgIpc) is 3.08. The first-order chi connectivity index (χ1) is 14.4. The summed E-state index contributed by atoms with van der Waals surface area (Å²) in [5.74, 6) is 0.543. The Bertz CT molecular complexity index is 1010. The highest BCUT2D eigenvalue weighted by atomic mass is 32.2. The summed E-state index contributed by atoms with van der Waals surface area (Å²) in [7, 11) is 3.28. The number of hydrogen-bond acceptors (Lipinski definition) is 6. The van der Waals surface area contributed by atoms with Crippen molar-refractivity contribution in [1.82, 2.24) is 10.1 Å². The highest BCUT2D eigenvalue weighted by molar-refractivity contribution is 7.98. The molecule has 0 radical (unpaired) electrons. The maximum Gasteiger partial charge on any atom is 0.340 e. The van der Waals surface area contributed by atoms with Gasteiger partial charge in [-0.1, -0.05) is 47.6 Å². The molecule has 0 bridgehead atoms. The number of hydrogen-bond donors (Lipinski definition) is 0. The normalized spacial score (nSPS) is 11.7. The number of aromatic nitrogens is 1. The Balaban J connectivity index is 1.83. The topological polar surface area (TPSA) is 72.6 Å². The molecule has 6 nitrogen and oxygen atoms in total. The molecule has 0 N–H and O–H groups in total. The van der Waals surface area contributed by atoms with Crippen LogP contribution in [0.5, 0.6) is 0 Å². The fourth-order valence-corrected chi connectivity index (χ4v) is 4.11. The minimum Gasteiger partial charge on any atom is -0.444 e. The molecule has 2 aromatic carbocycles. The SMILES string of the molecule is Cc1noc(C)c1CSc1ccccc1C(=O)OC(C(=O)N(C)C)c1ccccc1. The molecule has 0 saturated heterocycles. The molecule has 1 amide bonds. The van der Waals surface area contributed by atoms with Gasteiger partial charge in [0.1, 0.15) is 5.76 Å². The van der Waals surface area contributed by atoms with E-state index in [2.05, 4.69) is 5.16 Å². The van der Waals surface area contributed by atoms with Crippen molar-refractivity contribution >= 4 is 23.6 Å². The first kappa shape index (κ1) is 21.6. The lowest BCUT2D eigenvalue weighted by atomic mass is 10.1. The molecule has 30 heavy (non-hydrogen) atoms. The third-order valence-electron chi connectivity index (χ3n) is 4.65. The number of aryl methyl sites for hydroxylation is 2. The van der Waals surface area contributed by atoms with E-state index < -0.39 is 12.1 Å². The van der Waals surface area contributed by atoms with Crippen LogP contribution in [0.4, 0.5) is 0 Å². The van der Waals surface area contributed by atoms with E-state index in [1.54, 1.807) is 38.4 Å². The quantitative estimate of drug-likeness (QED) is 0.409. The van der Waals surface area contributed by atoms with Gasteiger partial charge in [-0.3, -0.25) is 4.79 Å². The van der Waals surface area contributed by atoms with Gasteiger partial charge in [0.25, 0.3) is 5.91 Å². The number of thioether (sulfide) groups is 1. The van der Waals surface area contributed by atoms with Crippen LogP contribution in [0.2, 0.25) is 0 Å². The predicted octanol–water partition coefficient (Wildman–Crippen LogP) is 4.57. The van der Waals surface area contributed by atoms with Crippen LogP contribution in [-0.4, -0.2) is 36.0 Å². The molecule has 0 saturated carbocycles. The Morgan fingerprint density at radius 1 is 1.07 bits per heavy atom. The maximum absolute atomic E-state index is 13.0. The monoisotopic (exact) mass is 424 g/mol. The fourth-order valence-electron chi connectivity index (χ4n) is 2.91. The molecule has 1 atom stereocenters. The number of carbonyl (C=O) groups is 2. The second-order valence-electron chi connectivity index (χ2n) is 7.02. The molecule has 0 fully saturated rings. The van der Waals surface area contributed by atoms with E-state index in [1.165, 1.54) is 16.7 Å². The van der Waals surface area contributed by atoms with E-state index in [-0.39, 0.29) is 5.91 Å². The number of ether oxygens (including phenoxy) is 1. The van der Waals surface area contributed by atoms with Crippen LogP contribution < -0.4 is 0 Å². The first-order valence-corrected chi connectivity index (χ1v) is 10.5. The third kappa shape index (κ3) is 4.91. The van der Waals surface area contributed by atoms with Crippen molar-refractivity contribution in [3.05, 3.63) is 82.7 Å². The summed E-state index contributed by atoms with van der Waals surface area (Å²) in [6, 6.07) is 16.2. The zero-order valence-corrected chi connectivity index (χ0v) is 18.2. The predicted molar refractivity (Wildman–Crippen MR) is 115 cm³/mol. The molecular weight excluding hydrogens is 400 g/mol. The highest BCUT2D eigenvalue weighted by Gasteiger charge is 2.28. The second-order valence-corrected chi connectivity index (χ2v) is 8.03. The average molecular weight is 425 g/mol. The van der Waals surface area contributed by atoms with Gasteiger partial charge in [-0.05, 0) is 26.0 Å². The lowest BCUT2D eigenvalue weighted by molar-refractivity contribution is -0.138. The number of nitrogens with zero attached hydrogens (tertiary/aromatic N) is 2. The van der Waals surface area contributed by atoms with Gasteiger partial charge in [-0.2, -0.15) is 0 Å². The van der Waals surface area contributed by atoms with Crippen molar-refractivity contribution in [3.8, 4) is 0 Å². The summed E-state index contributed by atoms with van der Waals surface area (Å²) in [5, 5.41) is 3.97. The van der Waals surface area contributed by atoms with Gasteiger partial charge >= 0.3 is 5.97 Å². The van der Waals surface area contributed by atoms with Crippen molar-refractivity contribution in [3.63, 3.8) is 0 Å². The number of benzene rings is 2. The van der Waals surface area contributed by atoms with Gasteiger partial charge < -0.3 is 14.2 Å². The molecule has 1 unspecified atom stereocenters. The summed E-state index contributed by atoms with van der Waals surface area (Å²) >= 11 is 1.50. The number of amides is 1.